The Kier molecular flexibility index (Phi) is 8.33. The number of carbonyl (C=O) groups excluding carboxylic acids is 2. The molecule has 5 nitrogen and oxygen atoms in total. The molecule has 0 heterocycles. The van der Waals surface area contributed by atoms with Crippen molar-refractivity contribution in [1.29, 1.82) is 0 Å². The summed E-state index contributed by atoms with van der Waals surface area (Å²) in [4.78, 5) is 26.5. The first-order valence-corrected chi connectivity index (χ1v) is 9.74. The monoisotopic (exact) mass is 432 g/mol. The lowest BCUT2D eigenvalue weighted by molar-refractivity contribution is -0.140. The Labute approximate surface area is 168 Å². The molecule has 0 aliphatic carbocycles. The first-order valence-electron chi connectivity index (χ1n) is 8.94. The fourth-order valence-electron chi connectivity index (χ4n) is 2.65. The molecule has 1 atom stereocenters. The standard InChI is InChI=1S/C21H25BrN2O3/c1-16(21(26)23-2)24(15-17-10-12-18(22)13-11-17)20(25)9-6-14-27-19-7-4-3-5-8-19/h3-5,7-8,10-13,16H,6,9,14-15H2,1-2H3,(H,23,26). The number of nitrogens with zero attached hydrogens (tertiary/aromatic N) is 1. The normalized spacial score (nSPS) is 11.5. The molecule has 2 amide bonds. The molecule has 0 aliphatic rings. The van der Waals surface area contributed by atoms with Crippen molar-refractivity contribution >= 4 is 27.7 Å². The fraction of sp³-hybridized carbons (Fsp3) is 0.333. The molecule has 1 N–H and O–H groups in total. The predicted molar refractivity (Wildman–Crippen MR) is 109 cm³/mol. The van der Waals surface area contributed by atoms with Gasteiger partial charge in [-0.2, -0.15) is 0 Å². The minimum atomic E-state index is -0.541. The maximum atomic E-state index is 12.8. The van der Waals surface area contributed by atoms with Crippen LogP contribution in [-0.2, 0) is 16.1 Å². The fourth-order valence-corrected chi connectivity index (χ4v) is 2.92. The maximum absolute atomic E-state index is 12.8. The molecule has 0 radical (unpaired) electrons. The number of ether oxygens (including phenoxy) is 1. The predicted octanol–water partition coefficient (Wildman–Crippen LogP) is 3.77. The Hall–Kier alpha value is -2.34. The zero-order valence-electron chi connectivity index (χ0n) is 15.7. The molecular weight excluding hydrogens is 408 g/mol. The molecule has 0 saturated heterocycles. The van der Waals surface area contributed by atoms with Gasteiger partial charge < -0.3 is 15.0 Å². The number of carbonyl (C=O) groups is 2. The smallest absolute Gasteiger partial charge is 0.242 e. The summed E-state index contributed by atoms with van der Waals surface area (Å²) in [5.41, 5.74) is 0.975. The van der Waals surface area contributed by atoms with E-state index in [0.717, 1.165) is 15.8 Å². The highest BCUT2D eigenvalue weighted by Crippen LogP contribution is 2.16. The molecule has 0 spiro atoms. The lowest BCUT2D eigenvalue weighted by Gasteiger charge is -2.28. The third-order valence-corrected chi connectivity index (χ3v) is 4.76. The summed E-state index contributed by atoms with van der Waals surface area (Å²) in [6, 6.07) is 16.7. The SMILES string of the molecule is CNC(=O)C(C)N(Cc1ccc(Br)cc1)C(=O)CCCOc1ccccc1. The maximum Gasteiger partial charge on any atom is 0.242 e. The van der Waals surface area contributed by atoms with Crippen molar-refractivity contribution in [3.63, 3.8) is 0 Å². The highest BCUT2D eigenvalue weighted by molar-refractivity contribution is 9.10. The number of likely N-dealkylation sites (N-methyl/N-ethyl adjacent to an activating group) is 1. The molecular formula is C21H25BrN2O3. The van der Waals surface area contributed by atoms with Crippen LogP contribution in [0.1, 0.15) is 25.3 Å². The van der Waals surface area contributed by atoms with Gasteiger partial charge in [0.1, 0.15) is 11.8 Å². The minimum absolute atomic E-state index is 0.0642. The van der Waals surface area contributed by atoms with Crippen molar-refractivity contribution < 1.29 is 14.3 Å². The zero-order chi connectivity index (χ0) is 19.6. The van der Waals surface area contributed by atoms with Crippen LogP contribution in [0.5, 0.6) is 5.75 Å². The molecule has 27 heavy (non-hydrogen) atoms. The minimum Gasteiger partial charge on any atom is -0.494 e. The van der Waals surface area contributed by atoms with Gasteiger partial charge in [-0.25, -0.2) is 0 Å². The van der Waals surface area contributed by atoms with E-state index in [1.54, 1.807) is 18.9 Å². The van der Waals surface area contributed by atoms with Gasteiger partial charge >= 0.3 is 0 Å². The first kappa shape index (κ1) is 21.0. The molecule has 0 aromatic heterocycles. The molecule has 0 saturated carbocycles. The molecule has 144 valence electrons. The van der Waals surface area contributed by atoms with Crippen LogP contribution in [0.4, 0.5) is 0 Å². The Balaban J connectivity index is 1.95. The summed E-state index contributed by atoms with van der Waals surface area (Å²) in [6.07, 6.45) is 0.912. The van der Waals surface area contributed by atoms with Gasteiger partial charge in [-0.1, -0.05) is 46.3 Å². The second-order valence-corrected chi connectivity index (χ2v) is 7.12. The first-order chi connectivity index (χ1) is 13.0. The van der Waals surface area contributed by atoms with Crippen LogP contribution in [0.2, 0.25) is 0 Å². The van der Waals surface area contributed by atoms with Crippen molar-refractivity contribution in [1.82, 2.24) is 10.2 Å². The second kappa shape index (κ2) is 10.7. The van der Waals surface area contributed by atoms with Crippen molar-refractivity contribution in [3.8, 4) is 5.75 Å². The molecule has 0 bridgehead atoms. The van der Waals surface area contributed by atoms with E-state index in [9.17, 15) is 9.59 Å². The van der Waals surface area contributed by atoms with E-state index >= 15 is 0 Å². The van der Waals surface area contributed by atoms with Gasteiger partial charge in [-0.05, 0) is 43.2 Å². The molecule has 0 aliphatic heterocycles. The van der Waals surface area contributed by atoms with E-state index in [1.807, 2.05) is 54.6 Å². The number of hydrogen-bond donors (Lipinski definition) is 1. The van der Waals surface area contributed by atoms with Crippen LogP contribution < -0.4 is 10.1 Å². The second-order valence-electron chi connectivity index (χ2n) is 6.20. The molecule has 2 rings (SSSR count). The summed E-state index contributed by atoms with van der Waals surface area (Å²) in [7, 11) is 1.58. The van der Waals surface area contributed by atoms with Crippen LogP contribution in [0, 0.1) is 0 Å². The van der Waals surface area contributed by atoms with Gasteiger partial charge in [0, 0.05) is 24.5 Å². The van der Waals surface area contributed by atoms with Crippen LogP contribution in [0.25, 0.3) is 0 Å². The van der Waals surface area contributed by atoms with E-state index in [4.69, 9.17) is 4.74 Å². The summed E-state index contributed by atoms with van der Waals surface area (Å²) in [5, 5.41) is 2.62. The lowest BCUT2D eigenvalue weighted by Crippen LogP contribution is -2.46. The van der Waals surface area contributed by atoms with Crippen LogP contribution in [-0.4, -0.2) is 36.4 Å². The Bertz CT molecular complexity index is 735. The topological polar surface area (TPSA) is 58.6 Å². The molecule has 1 unspecified atom stereocenters. The number of benzene rings is 2. The molecule has 0 fully saturated rings. The van der Waals surface area contributed by atoms with Gasteiger partial charge in [-0.15, -0.1) is 0 Å². The lowest BCUT2D eigenvalue weighted by atomic mass is 10.1. The van der Waals surface area contributed by atoms with Crippen LogP contribution in [0.3, 0.4) is 0 Å². The van der Waals surface area contributed by atoms with Gasteiger partial charge in [0.05, 0.1) is 6.61 Å². The number of rotatable bonds is 9. The van der Waals surface area contributed by atoms with Crippen LogP contribution in [0.15, 0.2) is 59.1 Å². The number of para-hydroxylation sites is 1. The van der Waals surface area contributed by atoms with Crippen molar-refractivity contribution in [2.24, 2.45) is 0 Å². The van der Waals surface area contributed by atoms with Crippen molar-refractivity contribution in [2.75, 3.05) is 13.7 Å². The Morgan fingerprint density at radius 1 is 1.11 bits per heavy atom. The quantitative estimate of drug-likeness (QED) is 0.613. The van der Waals surface area contributed by atoms with Crippen molar-refractivity contribution in [2.45, 2.75) is 32.4 Å². The van der Waals surface area contributed by atoms with Gasteiger partial charge in [-0.3, -0.25) is 9.59 Å². The Morgan fingerprint density at radius 3 is 2.41 bits per heavy atom. The summed E-state index contributed by atoms with van der Waals surface area (Å²) in [6.45, 7) is 2.59. The summed E-state index contributed by atoms with van der Waals surface area (Å²) in [5.74, 6) is 0.544. The average Bonchev–Trinajstić information content (AvgIpc) is 2.70. The van der Waals surface area contributed by atoms with Gasteiger partial charge in [0.25, 0.3) is 0 Å². The molecule has 6 heteroatoms. The van der Waals surface area contributed by atoms with E-state index in [-0.39, 0.29) is 11.8 Å². The number of hydrogen-bond acceptors (Lipinski definition) is 3. The Morgan fingerprint density at radius 2 is 1.78 bits per heavy atom. The van der Waals surface area contributed by atoms with Gasteiger partial charge in [0.2, 0.25) is 11.8 Å². The van der Waals surface area contributed by atoms with E-state index < -0.39 is 6.04 Å². The average molecular weight is 433 g/mol. The molecule has 2 aromatic rings. The zero-order valence-corrected chi connectivity index (χ0v) is 17.2. The van der Waals surface area contributed by atoms with Crippen LogP contribution >= 0.6 is 15.9 Å². The summed E-state index contributed by atoms with van der Waals surface area (Å²) >= 11 is 3.41. The third-order valence-electron chi connectivity index (χ3n) is 4.23. The summed E-state index contributed by atoms with van der Waals surface area (Å²) < 4.78 is 6.62. The highest BCUT2D eigenvalue weighted by Gasteiger charge is 2.25. The molecule has 2 aromatic carbocycles. The van der Waals surface area contributed by atoms with Crippen molar-refractivity contribution in [3.05, 3.63) is 64.6 Å². The third kappa shape index (κ3) is 6.71. The highest BCUT2D eigenvalue weighted by atomic mass is 79.9. The van der Waals surface area contributed by atoms with E-state index in [1.165, 1.54) is 0 Å². The van der Waals surface area contributed by atoms with Gasteiger partial charge in [0.15, 0.2) is 0 Å². The van der Waals surface area contributed by atoms with E-state index in [0.29, 0.717) is 26.0 Å². The largest absolute Gasteiger partial charge is 0.494 e. The number of nitrogens with one attached hydrogen (secondary N) is 1. The number of halogens is 1. The van der Waals surface area contributed by atoms with E-state index in [2.05, 4.69) is 21.2 Å². The number of amides is 2.